The highest BCUT2D eigenvalue weighted by Gasteiger charge is 2.14. The Morgan fingerprint density at radius 1 is 1.50 bits per heavy atom. The number of rotatable bonds is 5. The van der Waals surface area contributed by atoms with E-state index in [1.807, 2.05) is 6.07 Å². The molecule has 0 aromatic carbocycles. The lowest BCUT2D eigenvalue weighted by atomic mass is 10.1. The number of thiophene rings is 1. The summed E-state index contributed by atoms with van der Waals surface area (Å²) in [6, 6.07) is 1.95. The summed E-state index contributed by atoms with van der Waals surface area (Å²) in [5, 5.41) is 15.7. The van der Waals surface area contributed by atoms with Crippen molar-refractivity contribution in [1.82, 2.24) is 20.6 Å². The Bertz CT molecular complexity index is 520. The molecule has 0 fully saturated rings. The Hall–Kier alpha value is -1.76. The van der Waals surface area contributed by atoms with E-state index in [1.165, 1.54) is 10.4 Å². The van der Waals surface area contributed by atoms with E-state index in [-0.39, 0.29) is 11.9 Å². The number of aryl methyl sites for hydroxylation is 2. The predicted molar refractivity (Wildman–Crippen MR) is 69.8 cm³/mol. The van der Waals surface area contributed by atoms with Crippen LogP contribution in [0.3, 0.4) is 0 Å². The van der Waals surface area contributed by atoms with E-state index in [1.54, 1.807) is 11.3 Å². The van der Waals surface area contributed by atoms with Crippen molar-refractivity contribution in [3.8, 4) is 0 Å². The molecule has 2 rings (SSSR count). The smallest absolute Gasteiger partial charge is 0.270 e. The molecule has 96 valence electrons. The largest absolute Gasteiger partial charge is 0.287 e. The number of aromatic nitrogens is 4. The summed E-state index contributed by atoms with van der Waals surface area (Å²) in [5.41, 5.74) is 1.25. The lowest BCUT2D eigenvalue weighted by Gasteiger charge is -1.96. The van der Waals surface area contributed by atoms with Crippen molar-refractivity contribution < 1.29 is 4.79 Å². The van der Waals surface area contributed by atoms with Gasteiger partial charge in [-0.25, -0.2) is 0 Å². The lowest BCUT2D eigenvalue weighted by Crippen LogP contribution is -2.11. The van der Waals surface area contributed by atoms with E-state index in [4.69, 9.17) is 0 Å². The van der Waals surface area contributed by atoms with Gasteiger partial charge in [-0.1, -0.05) is 25.4 Å². The van der Waals surface area contributed by atoms with Crippen LogP contribution < -0.4 is 5.32 Å². The molecule has 0 aliphatic rings. The van der Waals surface area contributed by atoms with Crippen LogP contribution in [0.15, 0.2) is 6.07 Å². The van der Waals surface area contributed by atoms with Crippen molar-refractivity contribution in [1.29, 1.82) is 0 Å². The van der Waals surface area contributed by atoms with Crippen LogP contribution in [0, 0.1) is 0 Å². The van der Waals surface area contributed by atoms with Crippen molar-refractivity contribution in [3.63, 3.8) is 0 Å². The van der Waals surface area contributed by atoms with Crippen molar-refractivity contribution in [2.45, 2.75) is 33.1 Å². The quantitative estimate of drug-likeness (QED) is 0.866. The van der Waals surface area contributed by atoms with Gasteiger partial charge in [-0.3, -0.25) is 10.1 Å². The summed E-state index contributed by atoms with van der Waals surface area (Å²) >= 11 is 1.54. The second-order valence-corrected chi connectivity index (χ2v) is 4.99. The number of nitrogens with zero attached hydrogens (tertiary/aromatic N) is 3. The van der Waals surface area contributed by atoms with Crippen LogP contribution in [0.4, 0.5) is 5.95 Å². The SMILES string of the molecule is CCCc1sc(C(=O)Nc2nn[nH]n2)cc1CC. The van der Waals surface area contributed by atoms with Crippen LogP contribution in [0.2, 0.25) is 0 Å². The minimum absolute atomic E-state index is 0.182. The Labute approximate surface area is 109 Å². The third-order valence-corrected chi connectivity index (χ3v) is 3.78. The van der Waals surface area contributed by atoms with Crippen molar-refractivity contribution >= 4 is 23.2 Å². The maximum Gasteiger partial charge on any atom is 0.270 e. The second-order valence-electron chi connectivity index (χ2n) is 3.85. The molecule has 6 nitrogen and oxygen atoms in total. The summed E-state index contributed by atoms with van der Waals surface area (Å²) in [6.07, 6.45) is 3.05. The van der Waals surface area contributed by atoms with Gasteiger partial charge in [0.25, 0.3) is 11.9 Å². The summed E-state index contributed by atoms with van der Waals surface area (Å²) in [4.78, 5) is 14.0. The Morgan fingerprint density at radius 3 is 2.94 bits per heavy atom. The average Bonchev–Trinajstić information content (AvgIpc) is 2.98. The molecule has 0 aliphatic carbocycles. The number of carbonyl (C=O) groups is 1. The van der Waals surface area contributed by atoms with Gasteiger partial charge < -0.3 is 0 Å². The maximum atomic E-state index is 12.0. The lowest BCUT2D eigenvalue weighted by molar-refractivity contribution is 0.102. The van der Waals surface area contributed by atoms with Crippen molar-refractivity contribution in [2.24, 2.45) is 0 Å². The van der Waals surface area contributed by atoms with Crippen LogP contribution in [-0.2, 0) is 12.8 Å². The van der Waals surface area contributed by atoms with Gasteiger partial charge in [-0.15, -0.1) is 16.4 Å². The molecule has 2 N–H and O–H groups in total. The Balaban J connectivity index is 2.15. The second kappa shape index (κ2) is 5.72. The zero-order chi connectivity index (χ0) is 13.0. The van der Waals surface area contributed by atoms with Gasteiger partial charge in [0.2, 0.25) is 0 Å². The van der Waals surface area contributed by atoms with Crippen molar-refractivity contribution in [2.75, 3.05) is 5.32 Å². The normalized spacial score (nSPS) is 10.6. The van der Waals surface area contributed by atoms with Gasteiger partial charge in [-0.2, -0.15) is 5.21 Å². The molecule has 0 atom stereocenters. The van der Waals surface area contributed by atoms with Gasteiger partial charge in [-0.05, 0) is 29.7 Å². The fourth-order valence-electron chi connectivity index (χ4n) is 1.69. The summed E-state index contributed by atoms with van der Waals surface area (Å²) in [6.45, 7) is 4.24. The molecular weight excluding hydrogens is 250 g/mol. The van der Waals surface area contributed by atoms with E-state index in [9.17, 15) is 4.79 Å². The number of carbonyl (C=O) groups excluding carboxylic acids is 1. The first kappa shape index (κ1) is 12.7. The fraction of sp³-hybridized carbons (Fsp3) is 0.455. The minimum atomic E-state index is -0.182. The molecule has 2 aromatic rings. The zero-order valence-corrected chi connectivity index (χ0v) is 11.2. The Morgan fingerprint density at radius 2 is 2.33 bits per heavy atom. The zero-order valence-electron chi connectivity index (χ0n) is 10.4. The topological polar surface area (TPSA) is 83.6 Å². The molecule has 0 spiro atoms. The first-order chi connectivity index (χ1) is 8.74. The van der Waals surface area contributed by atoms with E-state index in [0.29, 0.717) is 4.88 Å². The van der Waals surface area contributed by atoms with E-state index < -0.39 is 0 Å². The number of hydrogen-bond donors (Lipinski definition) is 2. The summed E-state index contributed by atoms with van der Waals surface area (Å²) < 4.78 is 0. The van der Waals surface area contributed by atoms with E-state index >= 15 is 0 Å². The molecule has 0 saturated heterocycles. The highest BCUT2D eigenvalue weighted by molar-refractivity contribution is 7.14. The average molecular weight is 265 g/mol. The van der Waals surface area contributed by atoms with Crippen molar-refractivity contribution in [3.05, 3.63) is 21.4 Å². The number of nitrogens with one attached hydrogen (secondary N) is 2. The molecule has 0 radical (unpaired) electrons. The molecule has 0 unspecified atom stereocenters. The van der Waals surface area contributed by atoms with Gasteiger partial charge >= 0.3 is 0 Å². The van der Waals surface area contributed by atoms with Crippen LogP contribution >= 0.6 is 11.3 Å². The van der Waals surface area contributed by atoms with Gasteiger partial charge in [0, 0.05) is 4.88 Å². The molecule has 1 amide bonds. The predicted octanol–water partition coefficient (Wildman–Crippen LogP) is 2.03. The van der Waals surface area contributed by atoms with Crippen LogP contribution in [0.5, 0.6) is 0 Å². The fourth-order valence-corrected chi connectivity index (χ4v) is 2.95. The summed E-state index contributed by atoms with van der Waals surface area (Å²) in [7, 11) is 0. The summed E-state index contributed by atoms with van der Waals surface area (Å²) in [5.74, 6) is 0.0157. The molecule has 0 saturated carbocycles. The van der Waals surface area contributed by atoms with Gasteiger partial charge in [0.05, 0.1) is 4.88 Å². The number of amides is 1. The number of H-pyrrole nitrogens is 1. The number of aromatic amines is 1. The number of tetrazole rings is 1. The van der Waals surface area contributed by atoms with E-state index in [2.05, 4.69) is 39.8 Å². The highest BCUT2D eigenvalue weighted by Crippen LogP contribution is 2.25. The first-order valence-corrected chi connectivity index (χ1v) is 6.72. The molecular formula is C11H15N5OS. The monoisotopic (exact) mass is 265 g/mol. The third kappa shape index (κ3) is 2.73. The molecule has 18 heavy (non-hydrogen) atoms. The standard InChI is InChI=1S/C11H15N5OS/c1-3-5-8-7(4-2)6-9(18-8)10(17)12-11-13-15-16-14-11/h6H,3-5H2,1-2H3,(H2,12,13,14,15,16,17). The number of hydrogen-bond acceptors (Lipinski definition) is 5. The molecule has 2 heterocycles. The first-order valence-electron chi connectivity index (χ1n) is 5.91. The minimum Gasteiger partial charge on any atom is -0.287 e. The van der Waals surface area contributed by atoms with Gasteiger partial charge in [0.1, 0.15) is 0 Å². The Kier molecular flexibility index (Phi) is 4.03. The van der Waals surface area contributed by atoms with Crippen LogP contribution in [0.1, 0.15) is 40.4 Å². The molecule has 0 bridgehead atoms. The van der Waals surface area contributed by atoms with Crippen LogP contribution in [0.25, 0.3) is 0 Å². The highest BCUT2D eigenvalue weighted by atomic mass is 32.1. The third-order valence-electron chi connectivity index (χ3n) is 2.55. The molecule has 2 aromatic heterocycles. The van der Waals surface area contributed by atoms with E-state index in [0.717, 1.165) is 19.3 Å². The van der Waals surface area contributed by atoms with Gasteiger partial charge in [0.15, 0.2) is 0 Å². The molecule has 0 aliphatic heterocycles. The van der Waals surface area contributed by atoms with Crippen LogP contribution in [-0.4, -0.2) is 26.5 Å². The number of anilines is 1. The molecule has 7 heteroatoms. The maximum absolute atomic E-state index is 12.0.